The molecule has 0 aliphatic carbocycles. The predicted molar refractivity (Wildman–Crippen MR) is 125 cm³/mol. The summed E-state index contributed by atoms with van der Waals surface area (Å²) in [6.45, 7) is 3.27. The maximum absolute atomic E-state index is 12.6. The Balaban J connectivity index is 1.35. The molecular formula is C23H23Cl2N3OS. The van der Waals surface area contributed by atoms with Crippen molar-refractivity contribution in [2.45, 2.75) is 32.2 Å². The van der Waals surface area contributed by atoms with Crippen molar-refractivity contribution in [3.63, 3.8) is 0 Å². The summed E-state index contributed by atoms with van der Waals surface area (Å²) in [7, 11) is 0. The zero-order valence-electron chi connectivity index (χ0n) is 16.5. The molecular weight excluding hydrogens is 437 g/mol. The Morgan fingerprint density at radius 3 is 2.60 bits per heavy atom. The topological polar surface area (TPSA) is 45.2 Å². The van der Waals surface area contributed by atoms with E-state index in [9.17, 15) is 4.79 Å². The van der Waals surface area contributed by atoms with Gasteiger partial charge in [0.15, 0.2) is 5.13 Å². The summed E-state index contributed by atoms with van der Waals surface area (Å²) in [4.78, 5) is 20.4. The van der Waals surface area contributed by atoms with Gasteiger partial charge in [-0.1, -0.05) is 41.8 Å². The number of carbonyl (C=O) groups is 1. The third kappa shape index (κ3) is 5.61. The zero-order chi connectivity index (χ0) is 20.9. The molecule has 0 atom stereocenters. The number of piperidine rings is 1. The Labute approximate surface area is 190 Å². The van der Waals surface area contributed by atoms with E-state index in [1.807, 2.05) is 30.3 Å². The monoisotopic (exact) mass is 459 g/mol. The van der Waals surface area contributed by atoms with Gasteiger partial charge >= 0.3 is 0 Å². The van der Waals surface area contributed by atoms with E-state index < -0.39 is 0 Å². The Morgan fingerprint density at radius 2 is 1.83 bits per heavy atom. The first kappa shape index (κ1) is 21.3. The average Bonchev–Trinajstić information content (AvgIpc) is 3.19. The van der Waals surface area contributed by atoms with Gasteiger partial charge < -0.3 is 0 Å². The molecule has 2 aromatic carbocycles. The van der Waals surface area contributed by atoms with Gasteiger partial charge in [0.1, 0.15) is 0 Å². The van der Waals surface area contributed by atoms with Gasteiger partial charge in [0.25, 0.3) is 5.91 Å². The molecule has 0 bridgehead atoms. The van der Waals surface area contributed by atoms with Crippen molar-refractivity contribution < 1.29 is 4.79 Å². The van der Waals surface area contributed by atoms with Crippen molar-refractivity contribution in [2.75, 3.05) is 18.4 Å². The van der Waals surface area contributed by atoms with E-state index >= 15 is 0 Å². The van der Waals surface area contributed by atoms with Crippen LogP contribution in [0.5, 0.6) is 0 Å². The van der Waals surface area contributed by atoms with E-state index in [1.165, 1.54) is 36.2 Å². The number of carbonyl (C=O) groups excluding carboxylic acids is 1. The second-order valence-electron chi connectivity index (χ2n) is 7.53. The molecule has 1 aromatic heterocycles. The Kier molecular flexibility index (Phi) is 7.05. The number of benzene rings is 2. The van der Waals surface area contributed by atoms with Crippen LogP contribution in [0.15, 0.2) is 48.7 Å². The molecule has 1 fully saturated rings. The largest absolute Gasteiger partial charge is 0.299 e. The molecule has 1 aliphatic rings. The summed E-state index contributed by atoms with van der Waals surface area (Å²) in [5.41, 5.74) is 2.81. The minimum absolute atomic E-state index is 0.152. The molecule has 2 heterocycles. The summed E-state index contributed by atoms with van der Waals surface area (Å²) in [5.74, 6) is -0.152. The van der Waals surface area contributed by atoms with E-state index in [1.54, 1.807) is 18.3 Å². The first-order valence-corrected chi connectivity index (χ1v) is 11.7. The van der Waals surface area contributed by atoms with E-state index in [0.29, 0.717) is 27.2 Å². The molecule has 3 aromatic rings. The van der Waals surface area contributed by atoms with Gasteiger partial charge in [-0.3, -0.25) is 15.0 Å². The number of amides is 1. The lowest BCUT2D eigenvalue weighted by molar-refractivity contribution is 0.102. The fourth-order valence-corrected chi connectivity index (χ4v) is 4.83. The summed E-state index contributed by atoms with van der Waals surface area (Å²) in [6, 6.07) is 13.3. The van der Waals surface area contributed by atoms with Crippen molar-refractivity contribution in [3.05, 3.63) is 80.3 Å². The van der Waals surface area contributed by atoms with Crippen LogP contribution in [0.4, 0.5) is 5.13 Å². The van der Waals surface area contributed by atoms with Crippen LogP contribution in [0.2, 0.25) is 10.0 Å². The van der Waals surface area contributed by atoms with Crippen molar-refractivity contribution in [1.29, 1.82) is 0 Å². The van der Waals surface area contributed by atoms with Crippen molar-refractivity contribution in [1.82, 2.24) is 9.88 Å². The van der Waals surface area contributed by atoms with Crippen molar-refractivity contribution >= 4 is 45.6 Å². The molecule has 4 nitrogen and oxygen atoms in total. The van der Waals surface area contributed by atoms with Gasteiger partial charge in [0.2, 0.25) is 0 Å². The van der Waals surface area contributed by atoms with Crippen LogP contribution in [-0.4, -0.2) is 28.9 Å². The molecule has 30 heavy (non-hydrogen) atoms. The van der Waals surface area contributed by atoms with Crippen LogP contribution in [0.3, 0.4) is 0 Å². The molecule has 1 amide bonds. The van der Waals surface area contributed by atoms with Crippen LogP contribution in [0.25, 0.3) is 0 Å². The first-order chi connectivity index (χ1) is 14.6. The lowest BCUT2D eigenvalue weighted by Gasteiger charge is -2.26. The second-order valence-corrected chi connectivity index (χ2v) is 9.49. The number of nitrogens with one attached hydrogen (secondary N) is 1. The highest BCUT2D eigenvalue weighted by atomic mass is 35.5. The minimum Gasteiger partial charge on any atom is -0.299 e. The molecule has 156 valence electrons. The Hall–Kier alpha value is -1.92. The van der Waals surface area contributed by atoms with Gasteiger partial charge in [-0.25, -0.2) is 4.98 Å². The number of halogens is 2. The third-order valence-electron chi connectivity index (χ3n) is 5.22. The summed E-state index contributed by atoms with van der Waals surface area (Å²) >= 11 is 13.7. The number of nitrogens with zero attached hydrogens (tertiary/aromatic N) is 2. The van der Waals surface area contributed by atoms with Crippen LogP contribution in [-0.2, 0) is 13.0 Å². The van der Waals surface area contributed by atoms with Gasteiger partial charge in [-0.15, -0.1) is 11.3 Å². The molecule has 0 saturated carbocycles. The zero-order valence-corrected chi connectivity index (χ0v) is 18.9. The molecule has 1 N–H and O–H groups in total. The maximum Gasteiger partial charge on any atom is 0.257 e. The summed E-state index contributed by atoms with van der Waals surface area (Å²) in [5, 5.41) is 4.78. The fraction of sp³-hybridized carbons (Fsp3) is 0.304. The fourth-order valence-electron chi connectivity index (χ4n) is 3.62. The lowest BCUT2D eigenvalue weighted by atomic mass is 10.1. The van der Waals surface area contributed by atoms with Crippen LogP contribution in [0.1, 0.15) is 45.6 Å². The number of rotatable bonds is 6. The van der Waals surface area contributed by atoms with E-state index in [4.69, 9.17) is 23.2 Å². The number of hydrogen-bond acceptors (Lipinski definition) is 4. The first-order valence-electron chi connectivity index (χ1n) is 10.1. The minimum atomic E-state index is -0.152. The smallest absolute Gasteiger partial charge is 0.257 e. The number of thiazole rings is 1. The third-order valence-corrected chi connectivity index (χ3v) is 6.73. The quantitative estimate of drug-likeness (QED) is 0.471. The summed E-state index contributed by atoms with van der Waals surface area (Å²) < 4.78 is 0. The van der Waals surface area contributed by atoms with E-state index in [2.05, 4.69) is 15.2 Å². The van der Waals surface area contributed by atoms with Gasteiger partial charge in [-0.2, -0.15) is 0 Å². The lowest BCUT2D eigenvalue weighted by Crippen LogP contribution is -2.29. The average molecular weight is 460 g/mol. The van der Waals surface area contributed by atoms with Gasteiger partial charge in [0, 0.05) is 39.6 Å². The number of aromatic nitrogens is 1. The molecule has 1 saturated heterocycles. The Morgan fingerprint density at radius 1 is 1.07 bits per heavy atom. The van der Waals surface area contributed by atoms with Crippen LogP contribution in [0, 0.1) is 0 Å². The van der Waals surface area contributed by atoms with Crippen molar-refractivity contribution in [2.24, 2.45) is 0 Å². The highest BCUT2D eigenvalue weighted by molar-refractivity contribution is 7.15. The van der Waals surface area contributed by atoms with E-state index in [-0.39, 0.29) is 5.91 Å². The molecule has 1 aliphatic heterocycles. The normalized spacial score (nSPS) is 14.6. The molecule has 7 heteroatoms. The van der Waals surface area contributed by atoms with Crippen LogP contribution >= 0.6 is 34.5 Å². The SMILES string of the molecule is O=C(Nc1ncc(Cc2cc(Cl)ccc2Cl)s1)c1ccc(CN2CCCCC2)cc1. The maximum atomic E-state index is 12.6. The number of hydrogen-bond donors (Lipinski definition) is 1. The molecule has 4 rings (SSSR count). The molecule has 0 radical (unpaired) electrons. The Bertz CT molecular complexity index is 1010. The highest BCUT2D eigenvalue weighted by Crippen LogP contribution is 2.27. The standard InChI is InChI=1S/C23H23Cl2N3OS/c24-19-8-9-21(25)18(12-19)13-20-14-26-23(30-20)27-22(29)17-6-4-16(5-7-17)15-28-10-2-1-3-11-28/h4-9,12,14H,1-3,10-11,13,15H2,(H,26,27,29). The predicted octanol–water partition coefficient (Wildman–Crippen LogP) is 6.28. The highest BCUT2D eigenvalue weighted by Gasteiger charge is 2.13. The van der Waals surface area contributed by atoms with E-state index in [0.717, 1.165) is 30.1 Å². The number of likely N-dealkylation sites (tertiary alicyclic amines) is 1. The summed E-state index contributed by atoms with van der Waals surface area (Å²) in [6.07, 6.45) is 6.27. The van der Waals surface area contributed by atoms with Crippen molar-refractivity contribution in [3.8, 4) is 0 Å². The molecule has 0 unspecified atom stereocenters. The molecule has 0 spiro atoms. The van der Waals surface area contributed by atoms with Crippen LogP contribution < -0.4 is 5.32 Å². The number of anilines is 1. The van der Waals surface area contributed by atoms with Gasteiger partial charge in [0.05, 0.1) is 0 Å². The van der Waals surface area contributed by atoms with Gasteiger partial charge in [-0.05, 0) is 67.4 Å². The second kappa shape index (κ2) is 9.92.